The maximum atomic E-state index is 5.62. The topological polar surface area (TPSA) is 26.0 Å². The summed E-state index contributed by atoms with van der Waals surface area (Å²) in [5.41, 5.74) is 6.30. The zero-order valence-corrected chi connectivity index (χ0v) is 7.19. The second-order valence-electron chi connectivity index (χ2n) is 3.60. The molecule has 10 heavy (non-hydrogen) atoms. The molecule has 0 aliphatic heterocycles. The Labute approximate surface area is 64.0 Å². The lowest BCUT2D eigenvalue weighted by Crippen LogP contribution is -2.10. The van der Waals surface area contributed by atoms with E-state index in [2.05, 4.69) is 13.8 Å². The summed E-state index contributed by atoms with van der Waals surface area (Å²) in [7, 11) is 0. The quantitative estimate of drug-likeness (QED) is 0.638. The molecule has 2 N–H and O–H groups in total. The van der Waals surface area contributed by atoms with Crippen molar-refractivity contribution in [2.75, 3.05) is 6.54 Å². The molecule has 0 aromatic heterocycles. The molecule has 0 aromatic rings. The second-order valence-corrected chi connectivity index (χ2v) is 3.60. The van der Waals surface area contributed by atoms with E-state index in [-0.39, 0.29) is 0 Å². The van der Waals surface area contributed by atoms with Gasteiger partial charge in [-0.2, -0.15) is 0 Å². The van der Waals surface area contributed by atoms with E-state index in [0.717, 1.165) is 12.5 Å². The van der Waals surface area contributed by atoms with Crippen LogP contribution >= 0.6 is 0 Å². The zero-order chi connectivity index (χ0) is 7.61. The molecule has 1 rings (SSSR count). The highest BCUT2D eigenvalue weighted by molar-refractivity contribution is 5.01. The molecule has 2 atom stereocenters. The van der Waals surface area contributed by atoms with E-state index in [9.17, 15) is 0 Å². The molecule has 1 fully saturated rings. The molecule has 1 saturated carbocycles. The van der Waals surface area contributed by atoms with Gasteiger partial charge in [-0.3, -0.25) is 0 Å². The Hall–Kier alpha value is -0.0400. The van der Waals surface area contributed by atoms with E-state index in [4.69, 9.17) is 5.73 Å². The van der Waals surface area contributed by atoms with Crippen LogP contribution in [0, 0.1) is 11.3 Å². The van der Waals surface area contributed by atoms with Crippen molar-refractivity contribution in [2.45, 2.75) is 39.5 Å². The molecule has 1 nitrogen and oxygen atoms in total. The first kappa shape index (κ1) is 8.06. The van der Waals surface area contributed by atoms with Crippen LogP contribution in [-0.2, 0) is 0 Å². The molecule has 1 aliphatic rings. The summed E-state index contributed by atoms with van der Waals surface area (Å²) in [4.78, 5) is 0. The standard InChI is InChI=1S/C9H19N/c1-3-5-9(4-2)6-8(9)7-10/h8H,3-7,10H2,1-2H3/t8-,9+/m0/s1. The molecule has 0 unspecified atom stereocenters. The van der Waals surface area contributed by atoms with Gasteiger partial charge in [-0.15, -0.1) is 0 Å². The van der Waals surface area contributed by atoms with Crippen LogP contribution < -0.4 is 5.73 Å². The van der Waals surface area contributed by atoms with Crippen LogP contribution in [0.3, 0.4) is 0 Å². The van der Waals surface area contributed by atoms with Crippen LogP contribution in [0.15, 0.2) is 0 Å². The molecule has 1 aliphatic carbocycles. The average Bonchev–Trinajstić information content (AvgIpc) is 2.65. The average molecular weight is 141 g/mol. The molecule has 0 bridgehead atoms. The highest BCUT2D eigenvalue weighted by Gasteiger charge is 2.50. The van der Waals surface area contributed by atoms with Crippen LogP contribution in [-0.4, -0.2) is 6.54 Å². The lowest BCUT2D eigenvalue weighted by Gasteiger charge is -2.12. The van der Waals surface area contributed by atoms with E-state index < -0.39 is 0 Å². The summed E-state index contributed by atoms with van der Waals surface area (Å²) in [6.45, 7) is 5.47. The fourth-order valence-corrected chi connectivity index (χ4v) is 2.18. The summed E-state index contributed by atoms with van der Waals surface area (Å²) in [5.74, 6) is 0.859. The minimum Gasteiger partial charge on any atom is -0.330 e. The van der Waals surface area contributed by atoms with Crippen LogP contribution in [0.2, 0.25) is 0 Å². The van der Waals surface area contributed by atoms with E-state index in [0.29, 0.717) is 5.41 Å². The zero-order valence-electron chi connectivity index (χ0n) is 7.19. The molecule has 0 radical (unpaired) electrons. The van der Waals surface area contributed by atoms with E-state index in [1.807, 2.05) is 0 Å². The van der Waals surface area contributed by atoms with Gasteiger partial charge in [0.2, 0.25) is 0 Å². The van der Waals surface area contributed by atoms with Crippen LogP contribution in [0.1, 0.15) is 39.5 Å². The number of nitrogens with two attached hydrogens (primary N) is 1. The number of hydrogen-bond donors (Lipinski definition) is 1. The molecule has 1 heteroatoms. The first-order chi connectivity index (χ1) is 4.79. The Morgan fingerprint density at radius 1 is 1.50 bits per heavy atom. The summed E-state index contributed by atoms with van der Waals surface area (Å²) in [5, 5.41) is 0. The Morgan fingerprint density at radius 2 is 2.20 bits per heavy atom. The molecule has 0 heterocycles. The second kappa shape index (κ2) is 2.91. The van der Waals surface area contributed by atoms with Crippen molar-refractivity contribution in [3.8, 4) is 0 Å². The summed E-state index contributed by atoms with van der Waals surface area (Å²) >= 11 is 0. The van der Waals surface area contributed by atoms with Crippen LogP contribution in [0.4, 0.5) is 0 Å². The van der Waals surface area contributed by atoms with Gasteiger partial charge in [0.1, 0.15) is 0 Å². The molecule has 60 valence electrons. The Morgan fingerprint density at radius 3 is 2.50 bits per heavy atom. The van der Waals surface area contributed by atoms with Gasteiger partial charge in [0.15, 0.2) is 0 Å². The number of hydrogen-bond acceptors (Lipinski definition) is 1. The van der Waals surface area contributed by atoms with Crippen molar-refractivity contribution in [2.24, 2.45) is 17.1 Å². The predicted octanol–water partition coefficient (Wildman–Crippen LogP) is 2.16. The van der Waals surface area contributed by atoms with Crippen molar-refractivity contribution in [1.82, 2.24) is 0 Å². The fourth-order valence-electron chi connectivity index (χ4n) is 2.18. The van der Waals surface area contributed by atoms with Crippen molar-refractivity contribution in [3.05, 3.63) is 0 Å². The summed E-state index contributed by atoms with van der Waals surface area (Å²) in [6.07, 6.45) is 5.45. The number of rotatable bonds is 4. The van der Waals surface area contributed by atoms with Crippen molar-refractivity contribution in [1.29, 1.82) is 0 Å². The van der Waals surface area contributed by atoms with E-state index in [1.54, 1.807) is 0 Å². The van der Waals surface area contributed by atoms with Crippen molar-refractivity contribution in [3.63, 3.8) is 0 Å². The molecule has 0 spiro atoms. The largest absolute Gasteiger partial charge is 0.330 e. The van der Waals surface area contributed by atoms with Gasteiger partial charge < -0.3 is 5.73 Å². The lowest BCUT2D eigenvalue weighted by atomic mass is 9.94. The van der Waals surface area contributed by atoms with Gasteiger partial charge in [-0.25, -0.2) is 0 Å². The molecule has 0 saturated heterocycles. The monoisotopic (exact) mass is 141 g/mol. The molecular formula is C9H19N. The summed E-state index contributed by atoms with van der Waals surface area (Å²) < 4.78 is 0. The van der Waals surface area contributed by atoms with E-state index in [1.165, 1.54) is 25.7 Å². The van der Waals surface area contributed by atoms with Crippen molar-refractivity contribution < 1.29 is 0 Å². The molecule has 0 aromatic carbocycles. The van der Waals surface area contributed by atoms with Crippen LogP contribution in [0.25, 0.3) is 0 Å². The fraction of sp³-hybridized carbons (Fsp3) is 1.00. The first-order valence-corrected chi connectivity index (χ1v) is 4.49. The van der Waals surface area contributed by atoms with Crippen LogP contribution in [0.5, 0.6) is 0 Å². The third-order valence-corrected chi connectivity index (χ3v) is 3.10. The Kier molecular flexibility index (Phi) is 2.35. The highest BCUT2D eigenvalue weighted by atomic mass is 14.7. The minimum absolute atomic E-state index is 0.684. The normalized spacial score (nSPS) is 38.1. The lowest BCUT2D eigenvalue weighted by molar-refractivity contribution is 0.400. The minimum atomic E-state index is 0.684. The maximum absolute atomic E-state index is 5.62. The van der Waals surface area contributed by atoms with E-state index >= 15 is 0 Å². The summed E-state index contributed by atoms with van der Waals surface area (Å²) in [6, 6.07) is 0. The van der Waals surface area contributed by atoms with Gasteiger partial charge in [0, 0.05) is 0 Å². The predicted molar refractivity (Wildman–Crippen MR) is 44.8 cm³/mol. The van der Waals surface area contributed by atoms with Crippen molar-refractivity contribution >= 4 is 0 Å². The molecule has 0 amide bonds. The van der Waals surface area contributed by atoms with Gasteiger partial charge >= 0.3 is 0 Å². The van der Waals surface area contributed by atoms with Gasteiger partial charge in [-0.05, 0) is 30.7 Å². The smallest absolute Gasteiger partial charge is 0.00433 e. The SMILES string of the molecule is CCC[C@]1(CC)C[C@H]1CN. The van der Waals surface area contributed by atoms with Gasteiger partial charge in [0.25, 0.3) is 0 Å². The highest BCUT2D eigenvalue weighted by Crippen LogP contribution is 2.57. The Bertz CT molecular complexity index is 111. The van der Waals surface area contributed by atoms with Gasteiger partial charge in [-0.1, -0.05) is 26.7 Å². The molecular weight excluding hydrogens is 122 g/mol. The van der Waals surface area contributed by atoms with Gasteiger partial charge in [0.05, 0.1) is 0 Å². The third-order valence-electron chi connectivity index (χ3n) is 3.10. The maximum Gasteiger partial charge on any atom is -0.00433 e. The third kappa shape index (κ3) is 1.20. The first-order valence-electron chi connectivity index (χ1n) is 4.49. The Balaban J connectivity index is 2.34.